The molecule has 5 aromatic carbocycles. The number of pyridine rings is 3. The van der Waals surface area contributed by atoms with Crippen LogP contribution in [-0.2, 0) is 0 Å². The monoisotopic (exact) mass is 457 g/mol. The van der Waals surface area contributed by atoms with Crippen molar-refractivity contribution in [1.82, 2.24) is 15.0 Å². The number of fused-ring (bicyclic) bond motifs is 5. The Balaban J connectivity index is 1.43. The van der Waals surface area contributed by atoms with Gasteiger partial charge in [0.1, 0.15) is 0 Å². The third-order valence-electron chi connectivity index (χ3n) is 7.28. The van der Waals surface area contributed by atoms with Gasteiger partial charge in [-0.1, -0.05) is 66.7 Å². The van der Waals surface area contributed by atoms with Crippen LogP contribution in [0, 0.1) is 0 Å². The minimum Gasteiger partial charge on any atom is -0.256 e. The van der Waals surface area contributed by atoms with Gasteiger partial charge in [0, 0.05) is 50.5 Å². The van der Waals surface area contributed by atoms with E-state index in [1.807, 2.05) is 36.7 Å². The Labute approximate surface area is 207 Å². The van der Waals surface area contributed by atoms with E-state index in [4.69, 9.17) is 15.0 Å². The maximum absolute atomic E-state index is 5.24. The van der Waals surface area contributed by atoms with Gasteiger partial charge in [-0.25, -0.2) is 4.98 Å². The highest BCUT2D eigenvalue weighted by Gasteiger charge is 2.17. The van der Waals surface area contributed by atoms with Crippen molar-refractivity contribution in [3.8, 4) is 22.5 Å². The molecule has 8 rings (SSSR count). The number of hydrogen-bond donors (Lipinski definition) is 0. The number of hydrogen-bond acceptors (Lipinski definition) is 3. The van der Waals surface area contributed by atoms with E-state index in [1.54, 1.807) is 0 Å². The van der Waals surface area contributed by atoms with Crippen LogP contribution < -0.4 is 0 Å². The van der Waals surface area contributed by atoms with Gasteiger partial charge in [0.15, 0.2) is 0 Å². The molecule has 3 heteroatoms. The minimum absolute atomic E-state index is 0.923. The third-order valence-corrected chi connectivity index (χ3v) is 7.28. The summed E-state index contributed by atoms with van der Waals surface area (Å²) in [6, 6.07) is 36.1. The average molecular weight is 458 g/mol. The molecule has 3 aromatic heterocycles. The molecular formula is C33H19N3. The van der Waals surface area contributed by atoms with Crippen molar-refractivity contribution in [2.75, 3.05) is 0 Å². The fourth-order valence-electron chi connectivity index (χ4n) is 5.62. The first-order valence-corrected chi connectivity index (χ1v) is 12.1. The Morgan fingerprint density at radius 1 is 0.444 bits per heavy atom. The van der Waals surface area contributed by atoms with Crippen molar-refractivity contribution >= 4 is 54.1 Å². The molecule has 3 nitrogen and oxygen atoms in total. The van der Waals surface area contributed by atoms with Crippen molar-refractivity contribution in [3.05, 3.63) is 116 Å². The summed E-state index contributed by atoms with van der Waals surface area (Å²) in [5.74, 6) is 0. The van der Waals surface area contributed by atoms with Gasteiger partial charge in [-0.15, -0.1) is 0 Å². The van der Waals surface area contributed by atoms with Gasteiger partial charge < -0.3 is 0 Å². The van der Waals surface area contributed by atoms with Crippen LogP contribution in [0.25, 0.3) is 76.6 Å². The first-order valence-electron chi connectivity index (χ1n) is 12.1. The predicted molar refractivity (Wildman–Crippen MR) is 149 cm³/mol. The van der Waals surface area contributed by atoms with Gasteiger partial charge in [0.05, 0.1) is 22.4 Å². The van der Waals surface area contributed by atoms with Crippen LogP contribution in [0.2, 0.25) is 0 Å². The fraction of sp³-hybridized carbons (Fsp3) is 0. The standard InChI is InChI=1S/C33H19N3/c1-2-6-20(7-3-1)28-15-12-23(19-35-28)29-16-14-25-24-10-4-8-21-11-13-26-31(30(21)24)27(33(25)36-29)18-22-9-5-17-34-32(22)26/h1-19H. The van der Waals surface area contributed by atoms with Gasteiger partial charge >= 0.3 is 0 Å². The minimum atomic E-state index is 0.923. The van der Waals surface area contributed by atoms with Gasteiger partial charge in [-0.2, -0.15) is 0 Å². The fourth-order valence-corrected chi connectivity index (χ4v) is 5.62. The van der Waals surface area contributed by atoms with Crippen LogP contribution in [0.3, 0.4) is 0 Å². The second-order valence-corrected chi connectivity index (χ2v) is 9.28. The van der Waals surface area contributed by atoms with E-state index in [-0.39, 0.29) is 0 Å². The molecule has 0 aliphatic carbocycles. The van der Waals surface area contributed by atoms with Gasteiger partial charge in [-0.05, 0) is 52.6 Å². The van der Waals surface area contributed by atoms with E-state index in [1.165, 1.54) is 37.7 Å². The van der Waals surface area contributed by atoms with Crippen LogP contribution in [0.15, 0.2) is 116 Å². The van der Waals surface area contributed by atoms with Crippen LogP contribution in [0.4, 0.5) is 0 Å². The second-order valence-electron chi connectivity index (χ2n) is 9.28. The Kier molecular flexibility index (Phi) is 3.94. The number of rotatable bonds is 2. The van der Waals surface area contributed by atoms with Crippen LogP contribution >= 0.6 is 0 Å². The molecule has 3 heterocycles. The van der Waals surface area contributed by atoms with Crippen LogP contribution in [-0.4, -0.2) is 15.0 Å². The first-order chi connectivity index (χ1) is 17.8. The molecule has 0 radical (unpaired) electrons. The highest BCUT2D eigenvalue weighted by molar-refractivity contribution is 6.36. The van der Waals surface area contributed by atoms with Crippen molar-refractivity contribution in [2.45, 2.75) is 0 Å². The van der Waals surface area contributed by atoms with Crippen molar-refractivity contribution in [2.24, 2.45) is 0 Å². The van der Waals surface area contributed by atoms with Crippen molar-refractivity contribution in [1.29, 1.82) is 0 Å². The summed E-state index contributed by atoms with van der Waals surface area (Å²) in [5.41, 5.74) is 6.05. The molecule has 0 spiro atoms. The lowest BCUT2D eigenvalue weighted by atomic mass is 9.89. The summed E-state index contributed by atoms with van der Waals surface area (Å²) < 4.78 is 0. The van der Waals surface area contributed by atoms with Crippen LogP contribution in [0.1, 0.15) is 0 Å². The van der Waals surface area contributed by atoms with Crippen LogP contribution in [0.5, 0.6) is 0 Å². The van der Waals surface area contributed by atoms with Gasteiger partial charge in [0.2, 0.25) is 0 Å². The molecule has 0 aliphatic rings. The Bertz CT molecular complexity index is 2080. The van der Waals surface area contributed by atoms with Gasteiger partial charge in [0.25, 0.3) is 0 Å². The molecule has 0 unspecified atom stereocenters. The smallest absolute Gasteiger partial charge is 0.0794 e. The molecule has 0 amide bonds. The van der Waals surface area contributed by atoms with Gasteiger partial charge in [-0.3, -0.25) is 9.97 Å². The van der Waals surface area contributed by atoms with E-state index < -0.39 is 0 Å². The zero-order valence-corrected chi connectivity index (χ0v) is 19.3. The Morgan fingerprint density at radius 2 is 1.31 bits per heavy atom. The molecule has 0 N–H and O–H groups in total. The molecule has 36 heavy (non-hydrogen) atoms. The zero-order chi connectivity index (χ0) is 23.6. The Morgan fingerprint density at radius 3 is 2.19 bits per heavy atom. The summed E-state index contributed by atoms with van der Waals surface area (Å²) in [4.78, 5) is 14.7. The normalized spacial score (nSPS) is 11.9. The highest BCUT2D eigenvalue weighted by Crippen LogP contribution is 2.42. The molecule has 8 aromatic rings. The summed E-state index contributed by atoms with van der Waals surface area (Å²) in [7, 11) is 0. The van der Waals surface area contributed by atoms with Crippen molar-refractivity contribution in [3.63, 3.8) is 0 Å². The van der Waals surface area contributed by atoms with Crippen molar-refractivity contribution < 1.29 is 0 Å². The molecule has 166 valence electrons. The number of aromatic nitrogens is 3. The third kappa shape index (κ3) is 2.71. The topological polar surface area (TPSA) is 38.7 Å². The summed E-state index contributed by atoms with van der Waals surface area (Å²) in [6.45, 7) is 0. The SMILES string of the molecule is c1ccc(-c2ccc(-c3ccc4c5cccc6ccc7c8ncccc8cc(c4n3)c7c65)cn2)cc1. The van der Waals surface area contributed by atoms with E-state index in [0.29, 0.717) is 0 Å². The lowest BCUT2D eigenvalue weighted by Crippen LogP contribution is -1.93. The highest BCUT2D eigenvalue weighted by atomic mass is 14.7. The summed E-state index contributed by atoms with van der Waals surface area (Å²) in [6.07, 6.45) is 3.80. The first kappa shape index (κ1) is 19.4. The lowest BCUT2D eigenvalue weighted by Gasteiger charge is -2.16. The van der Waals surface area contributed by atoms with E-state index in [2.05, 4.69) is 78.9 Å². The molecule has 0 saturated carbocycles. The molecule has 0 saturated heterocycles. The zero-order valence-electron chi connectivity index (χ0n) is 19.3. The quantitative estimate of drug-likeness (QED) is 0.193. The summed E-state index contributed by atoms with van der Waals surface area (Å²) >= 11 is 0. The molecular weight excluding hydrogens is 438 g/mol. The number of benzene rings is 5. The maximum atomic E-state index is 5.24. The van der Waals surface area contributed by atoms with E-state index >= 15 is 0 Å². The molecule has 0 aliphatic heterocycles. The van der Waals surface area contributed by atoms with E-state index in [0.717, 1.165) is 38.9 Å². The lowest BCUT2D eigenvalue weighted by molar-refractivity contribution is 1.30. The van der Waals surface area contributed by atoms with E-state index in [9.17, 15) is 0 Å². The number of nitrogens with zero attached hydrogens (tertiary/aromatic N) is 3. The molecule has 0 bridgehead atoms. The molecule has 0 fully saturated rings. The largest absolute Gasteiger partial charge is 0.256 e. The second kappa shape index (κ2) is 7.30. The predicted octanol–water partition coefficient (Wildman–Crippen LogP) is 8.41. The maximum Gasteiger partial charge on any atom is 0.0794 e. The Hall–Kier alpha value is -4.89. The summed E-state index contributed by atoms with van der Waals surface area (Å²) in [5, 5.41) is 9.64. The molecule has 0 atom stereocenters. The average Bonchev–Trinajstić information content (AvgIpc) is 2.96.